The number of ether oxygens (including phenoxy) is 2. The lowest BCUT2D eigenvalue weighted by Crippen LogP contribution is -2.11. The Bertz CT molecular complexity index is 2360. The van der Waals surface area contributed by atoms with Crippen molar-refractivity contribution in [2.24, 2.45) is 0 Å². The van der Waals surface area contributed by atoms with Gasteiger partial charge in [0, 0.05) is 50.2 Å². The Balaban J connectivity index is 1.97. The molecule has 9 heteroatoms. The summed E-state index contributed by atoms with van der Waals surface area (Å²) in [6.07, 6.45) is -1.59. The Morgan fingerprint density at radius 1 is 1.24 bits per heavy atom. The van der Waals surface area contributed by atoms with E-state index in [4.69, 9.17) is 41.6 Å². The number of likely N-dealkylation sites (N-methyl/N-ethyl adjacent to an activating group) is 1. The number of aromatic nitrogens is 2. The number of carbonyl (C=O) groups excluding carboxylic acids is 1. The molecule has 0 amide bonds. The molecular formula is C32H32ClN5O3. The van der Waals surface area contributed by atoms with Crippen LogP contribution in [-0.2, 0) is 17.8 Å². The monoisotopic (exact) mass is 584 g/mol. The number of hydrogen-bond acceptors (Lipinski definition) is 8. The highest BCUT2D eigenvalue weighted by Crippen LogP contribution is 2.36. The van der Waals surface area contributed by atoms with Crippen molar-refractivity contribution in [2.45, 2.75) is 26.8 Å². The van der Waals surface area contributed by atoms with Crippen molar-refractivity contribution in [2.75, 3.05) is 32.5 Å². The van der Waals surface area contributed by atoms with E-state index in [1.54, 1.807) is 6.07 Å². The van der Waals surface area contributed by atoms with Gasteiger partial charge in [-0.05, 0) is 70.2 Å². The molecule has 210 valence electrons. The molecular weight excluding hydrogens is 538 g/mol. The highest BCUT2D eigenvalue weighted by Gasteiger charge is 2.16. The molecule has 0 aliphatic carbocycles. The summed E-state index contributed by atoms with van der Waals surface area (Å²) in [4.78, 5) is 22.2. The van der Waals surface area contributed by atoms with Crippen LogP contribution < -0.4 is 14.8 Å². The number of hydrogen-bond donors (Lipinski definition) is 1. The molecule has 0 bridgehead atoms. The van der Waals surface area contributed by atoms with Gasteiger partial charge in [-0.25, -0.2) is 0 Å². The quantitative estimate of drug-likeness (QED) is 0.191. The van der Waals surface area contributed by atoms with Crippen LogP contribution in [0.1, 0.15) is 50.0 Å². The Morgan fingerprint density at radius 2 is 2.07 bits per heavy atom. The molecule has 0 fully saturated rings. The van der Waals surface area contributed by atoms with Crippen molar-refractivity contribution in [3.05, 3.63) is 94.2 Å². The zero-order valence-corrected chi connectivity index (χ0v) is 23.1. The van der Waals surface area contributed by atoms with Crippen LogP contribution in [0.3, 0.4) is 0 Å². The summed E-state index contributed by atoms with van der Waals surface area (Å²) in [6, 6.07) is -5.93. The molecule has 0 aliphatic rings. The maximum atomic E-state index is 13.4. The third-order valence-electron chi connectivity index (χ3n) is 4.96. The van der Waals surface area contributed by atoms with Gasteiger partial charge in [-0.15, -0.1) is 0 Å². The second-order valence-corrected chi connectivity index (χ2v) is 8.68. The molecule has 2 aromatic carbocycles. The molecule has 41 heavy (non-hydrogen) atoms. The predicted molar refractivity (Wildman–Crippen MR) is 162 cm³/mol. The normalized spacial score (nSPS) is 17.5. The molecule has 2 heterocycles. The van der Waals surface area contributed by atoms with E-state index < -0.39 is 136 Å². The first-order valence-electron chi connectivity index (χ1n) is 19.4. The Labute approximate surface area is 266 Å². The minimum absolute atomic E-state index is 0.0936. The number of ketones is 1. The van der Waals surface area contributed by atoms with Crippen molar-refractivity contribution in [1.82, 2.24) is 14.9 Å². The standard InChI is InChI=1S/C32H32ClN5O3/c1-5-40-31-17-29-27(15-22(31)14-26(39)10-7-13-38(3)4)32(23(18-34)19-35-29)37-24-11-12-30(28(33)16-24)41-20-25-9-6-8-21(2)36-25/h6-12,15-17,19H,5,13-14,20H2,1-4H3,(H,35,37)/b10-7+/i6D,7D,8D,9D,10D,11D,12D,13D2,15D,16D,17D,19D,20D2. The lowest BCUT2D eigenvalue weighted by atomic mass is 10.0. The fourth-order valence-electron chi connectivity index (χ4n) is 3.26. The SMILES string of the molecule is [2H]/C(C(=O)Cc1c(OCC)c([2H])c2nc([2H])c(C#N)c(Nc3c([2H])c([2H])c(OC([2H])([2H])c4nc(C)c([2H])c([2H])c4[2H])c(Cl)c3[2H])c2c1[2H])=C(/[2H])C([2H])([2H])N(C)C. The number of aryl methyl sites for hydroxylation is 1. The zero-order chi connectivity index (χ0) is 42.5. The van der Waals surface area contributed by atoms with Gasteiger partial charge < -0.3 is 19.7 Å². The van der Waals surface area contributed by atoms with E-state index in [-0.39, 0.29) is 23.6 Å². The highest BCUT2D eigenvalue weighted by atomic mass is 35.5. The topological polar surface area (TPSA) is 100 Å². The number of nitrogens with zero attached hydrogens (tertiary/aromatic N) is 4. The van der Waals surface area contributed by atoms with Crippen LogP contribution in [0.5, 0.6) is 11.5 Å². The highest BCUT2D eigenvalue weighted by molar-refractivity contribution is 6.32. The van der Waals surface area contributed by atoms with E-state index in [0.717, 1.165) is 4.90 Å². The van der Waals surface area contributed by atoms with Gasteiger partial charge in [0.05, 0.1) is 51.9 Å². The van der Waals surface area contributed by atoms with Crippen molar-refractivity contribution in [3.63, 3.8) is 0 Å². The summed E-state index contributed by atoms with van der Waals surface area (Å²) in [5, 5.41) is 11.6. The van der Waals surface area contributed by atoms with Gasteiger partial charge in [-0.3, -0.25) is 14.8 Å². The molecule has 2 aromatic heterocycles. The number of anilines is 2. The van der Waals surface area contributed by atoms with Crippen LogP contribution in [0, 0.1) is 18.3 Å². The number of halogens is 1. The number of nitriles is 1. The lowest BCUT2D eigenvalue weighted by molar-refractivity contribution is -0.114. The van der Waals surface area contributed by atoms with Gasteiger partial charge in [-0.1, -0.05) is 23.7 Å². The molecule has 0 aliphatic heterocycles. The van der Waals surface area contributed by atoms with E-state index in [1.165, 1.54) is 27.9 Å². The molecule has 0 spiro atoms. The van der Waals surface area contributed by atoms with E-state index in [0.29, 0.717) is 0 Å². The molecule has 0 saturated heterocycles. The van der Waals surface area contributed by atoms with Crippen LogP contribution in [0.2, 0.25) is 5.02 Å². The van der Waals surface area contributed by atoms with Crippen LogP contribution in [0.4, 0.5) is 11.4 Å². The van der Waals surface area contributed by atoms with Gasteiger partial charge in [0.15, 0.2) is 5.78 Å². The molecule has 0 saturated carbocycles. The summed E-state index contributed by atoms with van der Waals surface area (Å²) in [6.45, 7) is -2.85. The van der Waals surface area contributed by atoms with Crippen LogP contribution in [0.25, 0.3) is 10.9 Å². The second kappa shape index (κ2) is 13.8. The minimum atomic E-state index is -3.07. The number of nitrogens with one attached hydrogen (secondary N) is 1. The van der Waals surface area contributed by atoms with Gasteiger partial charge in [0.2, 0.25) is 0 Å². The lowest BCUT2D eigenvalue weighted by Gasteiger charge is -2.16. The van der Waals surface area contributed by atoms with E-state index >= 15 is 0 Å². The first kappa shape index (κ1) is 15.5. The molecule has 0 radical (unpaired) electrons. The number of carbonyl (C=O) groups is 1. The van der Waals surface area contributed by atoms with Crippen LogP contribution >= 0.6 is 11.6 Å². The van der Waals surface area contributed by atoms with Crippen LogP contribution in [-0.4, -0.2) is 47.9 Å². The molecule has 8 nitrogen and oxygen atoms in total. The molecule has 4 aromatic rings. The molecule has 0 atom stereocenters. The van der Waals surface area contributed by atoms with Gasteiger partial charge >= 0.3 is 0 Å². The Kier molecular flexibility index (Phi) is 5.21. The van der Waals surface area contributed by atoms with Gasteiger partial charge in [-0.2, -0.15) is 5.26 Å². The van der Waals surface area contributed by atoms with Gasteiger partial charge in [0.1, 0.15) is 24.1 Å². The summed E-state index contributed by atoms with van der Waals surface area (Å²) in [7, 11) is 2.60. The second-order valence-electron chi connectivity index (χ2n) is 8.30. The summed E-state index contributed by atoms with van der Waals surface area (Å²) in [5.41, 5.74) is -3.26. The maximum absolute atomic E-state index is 13.4. The number of rotatable bonds is 12. The summed E-state index contributed by atoms with van der Waals surface area (Å²) >= 11 is 6.43. The summed E-state index contributed by atoms with van der Waals surface area (Å²) in [5.74, 6) is -2.34. The van der Waals surface area contributed by atoms with E-state index in [1.807, 2.05) is 0 Å². The maximum Gasteiger partial charge on any atom is 0.159 e. The van der Waals surface area contributed by atoms with Crippen molar-refractivity contribution in [1.29, 1.82) is 5.26 Å². The predicted octanol–water partition coefficient (Wildman–Crippen LogP) is 6.41. The van der Waals surface area contributed by atoms with E-state index in [9.17, 15) is 10.1 Å². The molecule has 0 unspecified atom stereocenters. The van der Waals surface area contributed by atoms with Crippen molar-refractivity contribution < 1.29 is 34.8 Å². The summed E-state index contributed by atoms with van der Waals surface area (Å²) < 4.78 is 137. The largest absolute Gasteiger partial charge is 0.494 e. The fraction of sp³-hybridized carbons (Fsp3) is 0.250. The van der Waals surface area contributed by atoms with Crippen molar-refractivity contribution in [3.8, 4) is 17.6 Å². The van der Waals surface area contributed by atoms with Gasteiger partial charge in [0.25, 0.3) is 0 Å². The molecule has 1 N–H and O–H groups in total. The molecule has 4 rings (SSSR count). The first-order valence-corrected chi connectivity index (χ1v) is 12.3. The van der Waals surface area contributed by atoms with E-state index in [2.05, 4.69) is 15.3 Å². The number of pyridine rings is 2. The first-order chi connectivity index (χ1) is 25.9. The van der Waals surface area contributed by atoms with Crippen molar-refractivity contribution >= 4 is 39.7 Å². The zero-order valence-electron chi connectivity index (χ0n) is 37.3. The Hall–Kier alpha value is -4.45. The number of fused-ring (bicyclic) bond motifs is 1. The smallest absolute Gasteiger partial charge is 0.159 e. The average Bonchev–Trinajstić information content (AvgIpc) is 3.14. The minimum Gasteiger partial charge on any atom is -0.494 e. The number of benzene rings is 2. The number of allylic oxidation sites excluding steroid dienone is 1. The third kappa shape index (κ3) is 7.82. The average molecular weight is 585 g/mol. The Morgan fingerprint density at radius 3 is 2.83 bits per heavy atom. The van der Waals surface area contributed by atoms with Crippen LogP contribution in [0.15, 0.2) is 66.6 Å². The fourth-order valence-corrected chi connectivity index (χ4v) is 3.44. The third-order valence-corrected chi connectivity index (χ3v) is 5.22.